The van der Waals surface area contributed by atoms with Crippen molar-refractivity contribution in [2.24, 2.45) is 5.92 Å². The summed E-state index contributed by atoms with van der Waals surface area (Å²) in [6, 6.07) is 11.4. The Morgan fingerprint density at radius 3 is 2.35 bits per heavy atom. The van der Waals surface area contributed by atoms with Crippen LogP contribution in [0, 0.1) is 5.92 Å². The number of halogens is 2. The first-order chi connectivity index (χ1) is 12.7. The Hall–Kier alpha value is -1.05. The molecule has 0 N–H and O–H groups in total. The summed E-state index contributed by atoms with van der Waals surface area (Å²) in [6.07, 6.45) is 13.2. The van der Waals surface area contributed by atoms with Gasteiger partial charge in [0.2, 0.25) is 0 Å². The van der Waals surface area contributed by atoms with Crippen molar-refractivity contribution in [3.8, 4) is 0 Å². The van der Waals surface area contributed by atoms with Crippen LogP contribution in [0.25, 0.3) is 0 Å². The van der Waals surface area contributed by atoms with E-state index in [0.29, 0.717) is 10.2 Å². The van der Waals surface area contributed by atoms with Crippen LogP contribution in [-0.4, -0.2) is 4.98 Å². The molecule has 1 saturated carbocycles. The fraction of sp³-hybridized carbons (Fsp3) is 0.522. The van der Waals surface area contributed by atoms with Crippen molar-refractivity contribution < 1.29 is 0 Å². The molecular formula is C23H29Cl2N. The number of aryl methyl sites for hydroxylation is 2. The van der Waals surface area contributed by atoms with Crippen molar-refractivity contribution in [2.45, 2.75) is 70.6 Å². The lowest BCUT2D eigenvalue weighted by Gasteiger charge is -2.29. The molecule has 3 rings (SSSR count). The number of nitrogens with zero attached hydrogens (tertiary/aromatic N) is 1. The summed E-state index contributed by atoms with van der Waals surface area (Å²) in [7, 11) is 0. The molecule has 1 aromatic heterocycles. The Morgan fingerprint density at radius 2 is 1.69 bits per heavy atom. The van der Waals surface area contributed by atoms with Gasteiger partial charge in [0.25, 0.3) is 0 Å². The topological polar surface area (TPSA) is 12.9 Å². The van der Waals surface area contributed by atoms with E-state index >= 15 is 0 Å². The number of benzene rings is 1. The third-order valence-electron chi connectivity index (χ3n) is 5.81. The summed E-state index contributed by atoms with van der Waals surface area (Å²) >= 11 is 12.0. The van der Waals surface area contributed by atoms with Crippen LogP contribution in [0.5, 0.6) is 0 Å². The standard InChI is InChI=1S/C23H29Cl2N/c1-2-3-4-17-7-11-20(12-8-17)21-13-9-18(10-14-21)5-6-19-15-22(24)23(25)26-16-19/h7-8,11-12,15-16,18,21H,2-6,9-10,13-14H2,1H3/t18-,21-. The smallest absolute Gasteiger partial charge is 0.147 e. The average molecular weight is 390 g/mol. The van der Waals surface area contributed by atoms with Gasteiger partial charge in [0, 0.05) is 6.20 Å². The zero-order valence-electron chi connectivity index (χ0n) is 15.7. The molecule has 0 saturated heterocycles. The number of rotatable bonds is 7. The molecule has 26 heavy (non-hydrogen) atoms. The van der Waals surface area contributed by atoms with Gasteiger partial charge in [0.15, 0.2) is 0 Å². The fourth-order valence-electron chi connectivity index (χ4n) is 4.09. The number of hydrogen-bond acceptors (Lipinski definition) is 1. The number of aromatic nitrogens is 1. The second kappa shape index (κ2) is 9.76. The van der Waals surface area contributed by atoms with E-state index in [9.17, 15) is 0 Å². The quantitative estimate of drug-likeness (QED) is 0.443. The molecule has 0 radical (unpaired) electrons. The lowest BCUT2D eigenvalue weighted by atomic mass is 9.77. The highest BCUT2D eigenvalue weighted by molar-refractivity contribution is 6.41. The molecule has 3 heteroatoms. The molecule has 0 amide bonds. The average Bonchev–Trinajstić information content (AvgIpc) is 2.68. The Labute approximate surface area is 168 Å². The zero-order valence-corrected chi connectivity index (χ0v) is 17.2. The van der Waals surface area contributed by atoms with Crippen LogP contribution in [0.2, 0.25) is 10.2 Å². The van der Waals surface area contributed by atoms with Crippen LogP contribution >= 0.6 is 23.2 Å². The second-order valence-electron chi connectivity index (χ2n) is 7.72. The van der Waals surface area contributed by atoms with Crippen molar-refractivity contribution in [1.82, 2.24) is 4.98 Å². The van der Waals surface area contributed by atoms with Crippen molar-refractivity contribution in [3.63, 3.8) is 0 Å². The van der Waals surface area contributed by atoms with Crippen molar-refractivity contribution in [3.05, 3.63) is 63.4 Å². The van der Waals surface area contributed by atoms with Crippen LogP contribution in [0.15, 0.2) is 36.5 Å². The Bertz CT molecular complexity index is 688. The summed E-state index contributed by atoms with van der Waals surface area (Å²) in [5, 5.41) is 0.965. The predicted molar refractivity (Wildman–Crippen MR) is 112 cm³/mol. The lowest BCUT2D eigenvalue weighted by molar-refractivity contribution is 0.310. The van der Waals surface area contributed by atoms with Gasteiger partial charge >= 0.3 is 0 Å². The molecule has 1 nitrogen and oxygen atoms in total. The first kappa shape index (κ1) is 19.7. The van der Waals surface area contributed by atoms with Crippen LogP contribution in [-0.2, 0) is 12.8 Å². The van der Waals surface area contributed by atoms with E-state index < -0.39 is 0 Å². The highest BCUT2D eigenvalue weighted by atomic mass is 35.5. The number of pyridine rings is 1. The van der Waals surface area contributed by atoms with E-state index in [-0.39, 0.29) is 0 Å². The molecular weight excluding hydrogens is 361 g/mol. The molecule has 0 unspecified atom stereocenters. The van der Waals surface area contributed by atoms with Crippen molar-refractivity contribution >= 4 is 23.2 Å². The van der Waals surface area contributed by atoms with Crippen molar-refractivity contribution in [1.29, 1.82) is 0 Å². The summed E-state index contributed by atoms with van der Waals surface area (Å²) in [5.74, 6) is 1.57. The Balaban J connectivity index is 1.45. The van der Waals surface area contributed by atoms with E-state index in [1.54, 1.807) is 0 Å². The zero-order chi connectivity index (χ0) is 18.4. The molecule has 0 atom stereocenters. The lowest BCUT2D eigenvalue weighted by Crippen LogP contribution is -2.14. The largest absolute Gasteiger partial charge is 0.243 e. The van der Waals surface area contributed by atoms with E-state index in [0.717, 1.165) is 18.3 Å². The number of unbranched alkanes of at least 4 members (excludes halogenated alkanes) is 1. The molecule has 1 heterocycles. The van der Waals surface area contributed by atoms with Crippen LogP contribution in [0.4, 0.5) is 0 Å². The molecule has 1 aromatic carbocycles. The maximum Gasteiger partial charge on any atom is 0.147 e. The third kappa shape index (κ3) is 5.47. The molecule has 0 aliphatic heterocycles. The molecule has 0 bridgehead atoms. The van der Waals surface area contributed by atoms with E-state index in [1.807, 2.05) is 12.3 Å². The van der Waals surface area contributed by atoms with Gasteiger partial charge in [-0.1, -0.05) is 60.8 Å². The third-order valence-corrected chi connectivity index (χ3v) is 6.50. The molecule has 140 valence electrons. The predicted octanol–water partition coefficient (Wildman–Crippen LogP) is 7.64. The van der Waals surface area contributed by atoms with E-state index in [2.05, 4.69) is 36.2 Å². The van der Waals surface area contributed by atoms with Gasteiger partial charge in [-0.3, -0.25) is 0 Å². The van der Waals surface area contributed by atoms with Gasteiger partial charge in [0.1, 0.15) is 5.15 Å². The minimum absolute atomic E-state index is 0.400. The van der Waals surface area contributed by atoms with Gasteiger partial charge in [-0.2, -0.15) is 0 Å². The minimum atomic E-state index is 0.400. The summed E-state index contributed by atoms with van der Waals surface area (Å²) in [6.45, 7) is 2.25. The second-order valence-corrected chi connectivity index (χ2v) is 8.48. The molecule has 2 aromatic rings. The van der Waals surface area contributed by atoms with Gasteiger partial charge in [0.05, 0.1) is 5.02 Å². The normalized spacial score (nSPS) is 20.3. The maximum atomic E-state index is 6.07. The van der Waals surface area contributed by atoms with Gasteiger partial charge in [-0.15, -0.1) is 0 Å². The highest BCUT2D eigenvalue weighted by Crippen LogP contribution is 2.37. The first-order valence-corrected chi connectivity index (χ1v) is 10.8. The fourth-order valence-corrected chi connectivity index (χ4v) is 4.38. The number of hydrogen-bond donors (Lipinski definition) is 0. The van der Waals surface area contributed by atoms with Crippen LogP contribution in [0.3, 0.4) is 0 Å². The van der Waals surface area contributed by atoms with Gasteiger partial charge in [-0.05, 0) is 86.0 Å². The van der Waals surface area contributed by atoms with Crippen LogP contribution < -0.4 is 0 Å². The maximum absolute atomic E-state index is 6.07. The monoisotopic (exact) mass is 389 g/mol. The van der Waals surface area contributed by atoms with Crippen molar-refractivity contribution in [2.75, 3.05) is 0 Å². The summed E-state index contributed by atoms with van der Waals surface area (Å²) in [5.41, 5.74) is 4.22. The molecule has 1 fully saturated rings. The first-order valence-electron chi connectivity index (χ1n) is 10.0. The SMILES string of the molecule is CCCCc1ccc([C@H]2CC[C@H](CCc3cnc(Cl)c(Cl)c3)CC2)cc1. The van der Waals surface area contributed by atoms with E-state index in [1.165, 1.54) is 68.1 Å². The van der Waals surface area contributed by atoms with Crippen LogP contribution in [0.1, 0.15) is 74.5 Å². The van der Waals surface area contributed by atoms with Gasteiger partial charge < -0.3 is 0 Å². The summed E-state index contributed by atoms with van der Waals surface area (Å²) in [4.78, 5) is 4.15. The summed E-state index contributed by atoms with van der Waals surface area (Å²) < 4.78 is 0. The van der Waals surface area contributed by atoms with Gasteiger partial charge in [-0.25, -0.2) is 4.98 Å². The molecule has 1 aliphatic rings. The molecule has 1 aliphatic carbocycles. The minimum Gasteiger partial charge on any atom is -0.243 e. The Morgan fingerprint density at radius 1 is 0.962 bits per heavy atom. The Kier molecular flexibility index (Phi) is 7.40. The molecule has 0 spiro atoms. The highest BCUT2D eigenvalue weighted by Gasteiger charge is 2.22. The van der Waals surface area contributed by atoms with E-state index in [4.69, 9.17) is 23.2 Å².